The molecule has 2 aliphatic heterocycles. The first kappa shape index (κ1) is 13.7. The molecule has 7 nitrogen and oxygen atoms in total. The Morgan fingerprint density at radius 3 is 2.90 bits per heavy atom. The van der Waals surface area contributed by atoms with E-state index in [1.165, 1.54) is 0 Å². The van der Waals surface area contributed by atoms with E-state index in [1.54, 1.807) is 16.8 Å². The van der Waals surface area contributed by atoms with Crippen LogP contribution in [0.1, 0.15) is 12.0 Å². The molecule has 1 aromatic carbocycles. The van der Waals surface area contributed by atoms with Crippen molar-refractivity contribution >= 4 is 11.9 Å². The minimum absolute atomic E-state index is 0.00359. The normalized spacial score (nSPS) is 21.7. The van der Waals surface area contributed by atoms with Gasteiger partial charge in [-0.2, -0.15) is 0 Å². The summed E-state index contributed by atoms with van der Waals surface area (Å²) in [6, 6.07) is 4.80. The Morgan fingerprint density at radius 2 is 2.14 bits per heavy atom. The number of likely N-dealkylation sites (N-methyl/N-ethyl adjacent to an activating group) is 1. The largest absolute Gasteiger partial charge is 0.480 e. The molecule has 1 aromatic rings. The molecule has 0 bridgehead atoms. The number of carbonyl (C=O) groups is 2. The molecular weight excluding hydrogens is 276 g/mol. The molecule has 1 N–H and O–H groups in total. The van der Waals surface area contributed by atoms with Gasteiger partial charge >= 0.3 is 5.97 Å². The van der Waals surface area contributed by atoms with Crippen LogP contribution in [0, 0.1) is 0 Å². The van der Waals surface area contributed by atoms with Crippen molar-refractivity contribution < 1.29 is 24.2 Å². The number of aliphatic carboxylic acids is 1. The molecule has 21 heavy (non-hydrogen) atoms. The maximum atomic E-state index is 12.1. The van der Waals surface area contributed by atoms with E-state index in [9.17, 15) is 9.59 Å². The molecule has 1 saturated heterocycles. The number of hydrogen-bond acceptors (Lipinski definition) is 5. The first-order valence-electron chi connectivity index (χ1n) is 6.64. The van der Waals surface area contributed by atoms with Gasteiger partial charge in [-0.1, -0.05) is 6.07 Å². The van der Waals surface area contributed by atoms with Gasteiger partial charge in [0.05, 0.1) is 13.1 Å². The second-order valence-electron chi connectivity index (χ2n) is 5.24. The van der Waals surface area contributed by atoms with Crippen molar-refractivity contribution in [1.29, 1.82) is 0 Å². The van der Waals surface area contributed by atoms with Gasteiger partial charge in [0.15, 0.2) is 11.5 Å². The number of rotatable bonds is 3. The molecule has 0 aromatic heterocycles. The molecule has 0 saturated carbocycles. The van der Waals surface area contributed by atoms with Gasteiger partial charge in [0.25, 0.3) is 0 Å². The minimum atomic E-state index is -0.964. The zero-order valence-corrected chi connectivity index (χ0v) is 11.6. The fourth-order valence-electron chi connectivity index (χ4n) is 2.57. The van der Waals surface area contributed by atoms with E-state index in [0.29, 0.717) is 24.7 Å². The maximum absolute atomic E-state index is 12.1. The summed E-state index contributed by atoms with van der Waals surface area (Å²) in [5.41, 5.74) is 0.926. The van der Waals surface area contributed by atoms with Gasteiger partial charge in [-0.3, -0.25) is 14.5 Å². The van der Waals surface area contributed by atoms with E-state index in [-0.39, 0.29) is 19.1 Å². The molecule has 1 fully saturated rings. The molecule has 0 radical (unpaired) electrons. The van der Waals surface area contributed by atoms with Crippen molar-refractivity contribution in [2.24, 2.45) is 0 Å². The van der Waals surface area contributed by atoms with Crippen molar-refractivity contribution in [3.63, 3.8) is 0 Å². The lowest BCUT2D eigenvalue weighted by molar-refractivity contribution is -0.154. The number of hydrogen-bond donors (Lipinski definition) is 1. The summed E-state index contributed by atoms with van der Waals surface area (Å²) in [6.07, 6.45) is -0.00359. The van der Waals surface area contributed by atoms with Crippen LogP contribution in [0.5, 0.6) is 11.5 Å². The summed E-state index contributed by atoms with van der Waals surface area (Å²) in [7, 11) is 1.71. The Balaban J connectivity index is 1.71. The van der Waals surface area contributed by atoms with E-state index >= 15 is 0 Å². The number of carboxylic acids is 1. The Bertz CT molecular complexity index is 589. The smallest absolute Gasteiger partial charge is 0.321 e. The van der Waals surface area contributed by atoms with Crippen molar-refractivity contribution in [2.45, 2.75) is 19.0 Å². The molecule has 1 unspecified atom stereocenters. The van der Waals surface area contributed by atoms with E-state index in [4.69, 9.17) is 14.6 Å². The van der Waals surface area contributed by atoms with Gasteiger partial charge < -0.3 is 19.5 Å². The molecule has 7 heteroatoms. The molecule has 3 rings (SSSR count). The van der Waals surface area contributed by atoms with Crippen molar-refractivity contribution in [1.82, 2.24) is 9.80 Å². The van der Waals surface area contributed by atoms with Gasteiger partial charge in [0.2, 0.25) is 12.7 Å². The van der Waals surface area contributed by atoms with Crippen LogP contribution in [0.15, 0.2) is 18.2 Å². The van der Waals surface area contributed by atoms with Crippen molar-refractivity contribution in [2.75, 3.05) is 20.5 Å². The third-order valence-electron chi connectivity index (χ3n) is 3.74. The van der Waals surface area contributed by atoms with E-state index in [2.05, 4.69) is 0 Å². The second kappa shape index (κ2) is 5.25. The quantitative estimate of drug-likeness (QED) is 0.873. The minimum Gasteiger partial charge on any atom is -0.480 e. The lowest BCUT2D eigenvalue weighted by Crippen LogP contribution is -2.54. The van der Waals surface area contributed by atoms with Crippen LogP contribution in [0.25, 0.3) is 0 Å². The van der Waals surface area contributed by atoms with Crippen LogP contribution in [0.3, 0.4) is 0 Å². The fraction of sp³-hybridized carbons (Fsp3) is 0.429. The van der Waals surface area contributed by atoms with Gasteiger partial charge in [-0.15, -0.1) is 0 Å². The summed E-state index contributed by atoms with van der Waals surface area (Å²) >= 11 is 0. The summed E-state index contributed by atoms with van der Waals surface area (Å²) in [5, 5.41) is 9.07. The summed E-state index contributed by atoms with van der Waals surface area (Å²) in [5.74, 6) is 0.257. The highest BCUT2D eigenvalue weighted by Crippen LogP contribution is 2.33. The molecule has 1 amide bonds. The number of benzene rings is 1. The van der Waals surface area contributed by atoms with Gasteiger partial charge in [-0.05, 0) is 24.7 Å². The lowest BCUT2D eigenvalue weighted by atomic mass is 10.1. The van der Waals surface area contributed by atoms with E-state index < -0.39 is 12.0 Å². The number of nitrogens with zero attached hydrogens (tertiary/aromatic N) is 2. The maximum Gasteiger partial charge on any atom is 0.321 e. The van der Waals surface area contributed by atoms with Crippen LogP contribution in [0.4, 0.5) is 0 Å². The van der Waals surface area contributed by atoms with Gasteiger partial charge in [0, 0.05) is 6.54 Å². The van der Waals surface area contributed by atoms with Crippen LogP contribution in [-0.4, -0.2) is 53.3 Å². The number of amides is 1. The molecule has 0 aliphatic carbocycles. The van der Waals surface area contributed by atoms with E-state index in [0.717, 1.165) is 5.56 Å². The zero-order chi connectivity index (χ0) is 15.0. The van der Waals surface area contributed by atoms with Crippen molar-refractivity contribution in [3.8, 4) is 11.5 Å². The monoisotopic (exact) mass is 292 g/mol. The number of fused-ring (bicyclic) bond motifs is 1. The number of carboxylic acid groups (broad SMARTS) is 1. The third kappa shape index (κ3) is 2.64. The molecule has 2 aliphatic rings. The lowest BCUT2D eigenvalue weighted by Gasteiger charge is -2.37. The predicted octanol–water partition coefficient (Wildman–Crippen LogP) is 0.490. The molecule has 112 valence electrons. The Labute approximate surface area is 121 Å². The fourth-order valence-corrected chi connectivity index (χ4v) is 2.57. The van der Waals surface area contributed by atoms with Crippen molar-refractivity contribution in [3.05, 3.63) is 23.8 Å². The summed E-state index contributed by atoms with van der Waals surface area (Å²) in [4.78, 5) is 26.4. The molecule has 0 spiro atoms. The van der Waals surface area contributed by atoms with Crippen LogP contribution in [0.2, 0.25) is 0 Å². The predicted molar refractivity (Wildman–Crippen MR) is 71.8 cm³/mol. The topological polar surface area (TPSA) is 79.3 Å². The standard InChI is InChI=1S/C14H16N2O5/c1-15-7-16(13(17)5-10(15)14(18)19)6-9-2-3-11-12(4-9)21-8-20-11/h2-4,10H,5-8H2,1H3,(H,18,19). The Morgan fingerprint density at radius 1 is 1.38 bits per heavy atom. The third-order valence-corrected chi connectivity index (χ3v) is 3.74. The summed E-state index contributed by atoms with van der Waals surface area (Å²) in [6.45, 7) is 0.931. The highest BCUT2D eigenvalue weighted by atomic mass is 16.7. The molecule has 2 heterocycles. The van der Waals surface area contributed by atoms with Crippen LogP contribution in [-0.2, 0) is 16.1 Å². The SMILES string of the molecule is CN1CN(Cc2ccc3c(c2)OCO3)C(=O)CC1C(=O)O. The zero-order valence-electron chi connectivity index (χ0n) is 11.6. The molecule has 1 atom stereocenters. The Hall–Kier alpha value is -2.28. The average Bonchev–Trinajstić information content (AvgIpc) is 2.89. The summed E-state index contributed by atoms with van der Waals surface area (Å²) < 4.78 is 10.6. The van der Waals surface area contributed by atoms with Gasteiger partial charge in [0.1, 0.15) is 6.04 Å². The molecular formula is C14H16N2O5. The van der Waals surface area contributed by atoms with E-state index in [1.807, 2.05) is 18.2 Å². The number of ether oxygens (including phenoxy) is 2. The first-order valence-corrected chi connectivity index (χ1v) is 6.64. The van der Waals surface area contributed by atoms with Crippen LogP contribution < -0.4 is 9.47 Å². The highest BCUT2D eigenvalue weighted by molar-refractivity contribution is 5.85. The first-order chi connectivity index (χ1) is 10.0. The Kier molecular flexibility index (Phi) is 3.42. The van der Waals surface area contributed by atoms with Crippen LogP contribution >= 0.6 is 0 Å². The average molecular weight is 292 g/mol. The second-order valence-corrected chi connectivity index (χ2v) is 5.24. The highest BCUT2D eigenvalue weighted by Gasteiger charge is 2.34. The van der Waals surface area contributed by atoms with Gasteiger partial charge in [-0.25, -0.2) is 0 Å². The number of carbonyl (C=O) groups excluding carboxylic acids is 1.